The van der Waals surface area contributed by atoms with E-state index in [2.05, 4.69) is 37.7 Å². The van der Waals surface area contributed by atoms with Crippen LogP contribution in [0.4, 0.5) is 16.2 Å². The van der Waals surface area contributed by atoms with Gasteiger partial charge in [-0.3, -0.25) is 40.1 Å². The van der Waals surface area contributed by atoms with Crippen molar-refractivity contribution >= 4 is 61.1 Å². The number of nitrogens with one attached hydrogen (secondary N) is 6. The second-order valence-corrected chi connectivity index (χ2v) is 9.62. The molecule has 21 heteroatoms. The van der Waals surface area contributed by atoms with Gasteiger partial charge < -0.3 is 10.6 Å². The number of urea groups is 1. The van der Waals surface area contributed by atoms with Gasteiger partial charge in [0.05, 0.1) is 0 Å². The van der Waals surface area contributed by atoms with E-state index in [1.54, 1.807) is 5.32 Å². The molecular formula is C15H14N10O9S2. The maximum atomic E-state index is 12.0. The van der Waals surface area contributed by atoms with Crippen LogP contribution in [0.1, 0.15) is 0 Å². The number of benzene rings is 1. The molecule has 0 saturated carbocycles. The molecule has 0 bridgehead atoms. The minimum absolute atomic E-state index is 0.0438. The summed E-state index contributed by atoms with van der Waals surface area (Å²) in [6.07, 6.45) is 0. The van der Waals surface area contributed by atoms with E-state index in [-0.39, 0.29) is 5.82 Å². The Balaban J connectivity index is 2.12. The Morgan fingerprint density at radius 3 is 1.56 bits per heavy atom. The summed E-state index contributed by atoms with van der Waals surface area (Å²) in [5.41, 5.74) is -1.80. The van der Waals surface area contributed by atoms with Crippen molar-refractivity contribution in [1.82, 2.24) is 21.3 Å². The molecule has 0 aliphatic carbocycles. The van der Waals surface area contributed by atoms with Crippen molar-refractivity contribution < 1.29 is 40.3 Å². The Labute approximate surface area is 200 Å². The molecule has 0 radical (unpaired) electrons. The van der Waals surface area contributed by atoms with Crippen LogP contribution >= 0.6 is 0 Å². The van der Waals surface area contributed by atoms with Gasteiger partial charge in [-0.05, 0) is 12.1 Å². The summed E-state index contributed by atoms with van der Waals surface area (Å²) >= 11 is 0. The standard InChI is InChI=1S/C15H14N10O9S2/c1-4-18-11(16)9(13(26)19-4)24-22-5-2-8(36(32,33)34)6(3-7(5)35(29,30)31)23-25-10-12(17)20-15(28)21-14(10)27/h2-3,9-10H,1H2,(H2,16,18)(H,19,26)(H,29,30,31)(H,32,33,34)(H3,17,20,21,27,28)/b24-22+,25-23+. The van der Waals surface area contributed by atoms with Gasteiger partial charge >= 0.3 is 6.03 Å². The number of carbonyl (C=O) groups excluding carboxylic acids is 3. The summed E-state index contributed by atoms with van der Waals surface area (Å²) < 4.78 is 66.8. The number of rotatable bonds is 6. The van der Waals surface area contributed by atoms with Gasteiger partial charge in [-0.2, -0.15) is 37.3 Å². The zero-order chi connectivity index (χ0) is 27.0. The van der Waals surface area contributed by atoms with Crippen LogP contribution in [0.15, 0.2) is 54.8 Å². The first-order valence-electron chi connectivity index (χ1n) is 9.08. The molecule has 190 valence electrons. The lowest BCUT2D eigenvalue weighted by Gasteiger charge is -2.22. The topological polar surface area (TPSA) is 305 Å². The van der Waals surface area contributed by atoms with E-state index in [1.165, 1.54) is 0 Å². The van der Waals surface area contributed by atoms with Crippen molar-refractivity contribution in [1.29, 1.82) is 10.8 Å². The van der Waals surface area contributed by atoms with Crippen molar-refractivity contribution in [2.75, 3.05) is 0 Å². The molecule has 1 aromatic carbocycles. The Morgan fingerprint density at radius 2 is 1.17 bits per heavy atom. The third-order valence-electron chi connectivity index (χ3n) is 4.25. The highest BCUT2D eigenvalue weighted by Crippen LogP contribution is 2.36. The summed E-state index contributed by atoms with van der Waals surface area (Å²) in [5.74, 6) is -3.31. The van der Waals surface area contributed by atoms with Gasteiger partial charge in [0.15, 0.2) is 0 Å². The van der Waals surface area contributed by atoms with Crippen LogP contribution in [0.5, 0.6) is 0 Å². The fourth-order valence-corrected chi connectivity index (χ4v) is 3.96. The van der Waals surface area contributed by atoms with Crippen molar-refractivity contribution in [3.8, 4) is 0 Å². The first-order chi connectivity index (χ1) is 16.6. The van der Waals surface area contributed by atoms with Crippen LogP contribution in [0.2, 0.25) is 0 Å². The molecule has 4 amide bonds. The van der Waals surface area contributed by atoms with E-state index in [4.69, 9.17) is 10.8 Å². The van der Waals surface area contributed by atoms with E-state index >= 15 is 0 Å². The number of nitrogens with zero attached hydrogens (tertiary/aromatic N) is 4. The largest absolute Gasteiger partial charge is 0.329 e. The average Bonchev–Trinajstić information content (AvgIpc) is 2.70. The van der Waals surface area contributed by atoms with Gasteiger partial charge in [0.2, 0.25) is 12.1 Å². The summed E-state index contributed by atoms with van der Waals surface area (Å²) in [7, 11) is -10.4. The lowest BCUT2D eigenvalue weighted by molar-refractivity contribution is -0.121. The van der Waals surface area contributed by atoms with E-state index in [0.29, 0.717) is 12.1 Å². The van der Waals surface area contributed by atoms with E-state index in [0.717, 1.165) is 0 Å². The number of amidine groups is 2. The van der Waals surface area contributed by atoms with Gasteiger partial charge in [0.25, 0.3) is 32.1 Å². The minimum Gasteiger partial charge on any atom is -0.329 e. The molecule has 0 spiro atoms. The minimum atomic E-state index is -5.18. The molecule has 2 aliphatic heterocycles. The lowest BCUT2D eigenvalue weighted by atomic mass is 10.2. The number of hydrogen-bond acceptors (Lipinski definition) is 13. The molecule has 2 aliphatic rings. The number of azo groups is 2. The summed E-state index contributed by atoms with van der Waals surface area (Å²) in [5, 5.41) is 37.2. The first kappa shape index (κ1) is 26.1. The number of carbonyl (C=O) groups is 3. The van der Waals surface area contributed by atoms with Crippen molar-refractivity contribution in [3.05, 3.63) is 24.5 Å². The Hall–Kier alpha value is -4.47. The molecular weight excluding hydrogens is 528 g/mol. The highest BCUT2D eigenvalue weighted by atomic mass is 32.2. The van der Waals surface area contributed by atoms with Gasteiger partial charge in [0, 0.05) is 0 Å². The highest BCUT2D eigenvalue weighted by Gasteiger charge is 2.33. The van der Waals surface area contributed by atoms with Crippen molar-refractivity contribution in [2.45, 2.75) is 21.9 Å². The van der Waals surface area contributed by atoms with Crippen LogP contribution in [-0.4, -0.2) is 67.5 Å². The number of amides is 4. The quantitative estimate of drug-likeness (QED) is 0.161. The molecule has 3 rings (SSSR count). The normalized spacial score (nSPS) is 21.4. The summed E-state index contributed by atoms with van der Waals surface area (Å²) in [6, 6.07) is -3.61. The van der Waals surface area contributed by atoms with Gasteiger partial charge in [0.1, 0.15) is 38.7 Å². The molecule has 1 aromatic rings. The predicted molar refractivity (Wildman–Crippen MR) is 115 cm³/mol. The van der Waals surface area contributed by atoms with E-state index in [9.17, 15) is 40.3 Å². The SMILES string of the molecule is C=C1NC(=N)C(/N=N/c2cc(S(=O)(=O)O)c(/N=N/C3C(=N)NC(=O)NC3=O)cc2S(=O)(=O)O)C(=O)N1. The average molecular weight is 542 g/mol. The van der Waals surface area contributed by atoms with Crippen molar-refractivity contribution in [3.63, 3.8) is 0 Å². The molecule has 0 aromatic heterocycles. The molecule has 2 atom stereocenters. The molecule has 19 nitrogen and oxygen atoms in total. The molecule has 36 heavy (non-hydrogen) atoms. The molecule has 2 unspecified atom stereocenters. The highest BCUT2D eigenvalue weighted by molar-refractivity contribution is 7.86. The third kappa shape index (κ3) is 5.60. The molecule has 8 N–H and O–H groups in total. The zero-order valence-electron chi connectivity index (χ0n) is 17.4. The predicted octanol–water partition coefficient (Wildman–Crippen LogP) is -0.931. The van der Waals surface area contributed by atoms with Crippen LogP contribution in [0, 0.1) is 10.8 Å². The zero-order valence-corrected chi connectivity index (χ0v) is 19.0. The Bertz CT molecular complexity index is 1360. The Morgan fingerprint density at radius 1 is 0.750 bits per heavy atom. The van der Waals surface area contributed by atoms with Crippen LogP contribution in [0.25, 0.3) is 0 Å². The number of hydrogen-bond donors (Lipinski definition) is 8. The van der Waals surface area contributed by atoms with Gasteiger partial charge in [-0.25, -0.2) is 4.79 Å². The third-order valence-corrected chi connectivity index (χ3v) is 6.01. The van der Waals surface area contributed by atoms with Gasteiger partial charge in [-0.1, -0.05) is 6.58 Å². The number of imide groups is 1. The fourth-order valence-electron chi connectivity index (χ4n) is 2.71. The van der Waals surface area contributed by atoms with Crippen LogP contribution < -0.4 is 21.3 Å². The Kier molecular flexibility index (Phi) is 6.75. The monoisotopic (exact) mass is 542 g/mol. The smallest absolute Gasteiger partial charge is 0.326 e. The maximum Gasteiger partial charge on any atom is 0.326 e. The molecule has 2 saturated heterocycles. The first-order valence-corrected chi connectivity index (χ1v) is 12.0. The van der Waals surface area contributed by atoms with E-state index < -0.39 is 83.0 Å². The fraction of sp³-hybridized carbons (Fsp3) is 0.133. The van der Waals surface area contributed by atoms with E-state index in [1.807, 2.05) is 5.32 Å². The van der Waals surface area contributed by atoms with Crippen molar-refractivity contribution in [2.24, 2.45) is 20.5 Å². The lowest BCUT2D eigenvalue weighted by Crippen LogP contribution is -2.57. The molecule has 2 fully saturated rings. The second-order valence-electron chi connectivity index (χ2n) is 6.84. The molecule has 2 heterocycles. The maximum absolute atomic E-state index is 12.0. The summed E-state index contributed by atoms with van der Waals surface area (Å²) in [4.78, 5) is 32.8. The second kappa shape index (κ2) is 9.29. The van der Waals surface area contributed by atoms with Crippen LogP contribution in [-0.2, 0) is 29.8 Å². The van der Waals surface area contributed by atoms with Crippen LogP contribution in [0.3, 0.4) is 0 Å². The van der Waals surface area contributed by atoms with Gasteiger partial charge in [-0.15, -0.1) is 0 Å². The summed E-state index contributed by atoms with van der Waals surface area (Å²) in [6.45, 7) is 3.39.